The minimum absolute atomic E-state index is 0.370. The third kappa shape index (κ3) is 2.95. The van der Waals surface area contributed by atoms with Crippen molar-refractivity contribution in [2.45, 2.75) is 26.1 Å². The number of nitrogens with one attached hydrogen (secondary N) is 1. The van der Waals surface area contributed by atoms with Crippen LogP contribution in [0, 0.1) is 0 Å². The second-order valence-electron chi connectivity index (χ2n) is 3.59. The highest BCUT2D eigenvalue weighted by molar-refractivity contribution is 4.97. The van der Waals surface area contributed by atoms with Gasteiger partial charge in [0.2, 0.25) is 0 Å². The Morgan fingerprint density at radius 1 is 1.53 bits per heavy atom. The molecule has 0 aliphatic rings. The fraction of sp³-hybridized carbons (Fsp3) is 0.364. The molecule has 4 nitrogen and oxygen atoms in total. The Morgan fingerprint density at radius 3 is 3.13 bits per heavy atom. The first-order valence-corrected chi connectivity index (χ1v) is 5.08. The van der Waals surface area contributed by atoms with E-state index >= 15 is 0 Å². The van der Waals surface area contributed by atoms with Crippen molar-refractivity contribution in [3.63, 3.8) is 0 Å². The minimum Gasteiger partial charge on any atom is -0.468 e. The molecule has 0 aromatic carbocycles. The molecule has 0 saturated carbocycles. The molecule has 0 aliphatic carbocycles. The molecular formula is C11H15N3O. The second kappa shape index (κ2) is 4.79. The van der Waals surface area contributed by atoms with E-state index in [0.29, 0.717) is 6.04 Å². The molecular weight excluding hydrogens is 190 g/mol. The van der Waals surface area contributed by atoms with E-state index in [9.17, 15) is 0 Å². The van der Waals surface area contributed by atoms with E-state index < -0.39 is 0 Å². The van der Waals surface area contributed by atoms with Crippen molar-refractivity contribution in [2.75, 3.05) is 0 Å². The maximum atomic E-state index is 5.23. The summed E-state index contributed by atoms with van der Waals surface area (Å²) in [7, 11) is 0. The topological polar surface area (TPSA) is 43.0 Å². The number of furan rings is 1. The highest BCUT2D eigenvalue weighted by atomic mass is 16.3. The Balaban J connectivity index is 1.76. The smallest absolute Gasteiger partial charge is 0.117 e. The maximum Gasteiger partial charge on any atom is 0.117 e. The van der Waals surface area contributed by atoms with Crippen molar-refractivity contribution < 1.29 is 4.42 Å². The molecule has 2 rings (SSSR count). The van der Waals surface area contributed by atoms with Gasteiger partial charge in [0.05, 0.1) is 19.4 Å². The third-order valence-corrected chi connectivity index (χ3v) is 2.22. The van der Waals surface area contributed by atoms with Gasteiger partial charge < -0.3 is 9.73 Å². The summed E-state index contributed by atoms with van der Waals surface area (Å²) in [6.07, 6.45) is 5.44. The Bertz CT molecular complexity index is 366. The molecule has 1 N–H and O–H groups in total. The van der Waals surface area contributed by atoms with Gasteiger partial charge in [-0.1, -0.05) is 0 Å². The number of hydrogen-bond donors (Lipinski definition) is 1. The van der Waals surface area contributed by atoms with Crippen molar-refractivity contribution in [3.05, 3.63) is 42.6 Å². The van der Waals surface area contributed by atoms with Crippen LogP contribution >= 0.6 is 0 Å². The van der Waals surface area contributed by atoms with Gasteiger partial charge in [-0.2, -0.15) is 5.10 Å². The lowest BCUT2D eigenvalue weighted by atomic mass is 10.3. The summed E-state index contributed by atoms with van der Waals surface area (Å²) < 4.78 is 7.15. The van der Waals surface area contributed by atoms with Gasteiger partial charge in [-0.05, 0) is 25.1 Å². The van der Waals surface area contributed by atoms with Crippen molar-refractivity contribution in [1.82, 2.24) is 15.1 Å². The third-order valence-electron chi connectivity index (χ3n) is 2.22. The zero-order chi connectivity index (χ0) is 10.5. The maximum absolute atomic E-state index is 5.23. The first kappa shape index (κ1) is 9.98. The van der Waals surface area contributed by atoms with Gasteiger partial charge in [-0.15, -0.1) is 0 Å². The van der Waals surface area contributed by atoms with E-state index in [1.54, 1.807) is 12.5 Å². The van der Waals surface area contributed by atoms with E-state index in [0.717, 1.165) is 18.8 Å². The van der Waals surface area contributed by atoms with Crippen LogP contribution in [-0.2, 0) is 13.1 Å². The lowest BCUT2D eigenvalue weighted by molar-refractivity contribution is 0.415. The van der Waals surface area contributed by atoms with E-state index in [-0.39, 0.29) is 0 Å². The lowest BCUT2D eigenvalue weighted by Crippen LogP contribution is -2.29. The Morgan fingerprint density at radius 2 is 2.47 bits per heavy atom. The Hall–Kier alpha value is -1.55. The van der Waals surface area contributed by atoms with Crippen LogP contribution in [0.3, 0.4) is 0 Å². The summed E-state index contributed by atoms with van der Waals surface area (Å²) in [5.74, 6) is 0.960. The van der Waals surface area contributed by atoms with E-state index in [4.69, 9.17) is 4.42 Å². The lowest BCUT2D eigenvalue weighted by Gasteiger charge is -2.12. The number of nitrogens with zero attached hydrogens (tertiary/aromatic N) is 2. The van der Waals surface area contributed by atoms with Gasteiger partial charge in [-0.25, -0.2) is 0 Å². The summed E-state index contributed by atoms with van der Waals surface area (Å²) in [4.78, 5) is 0. The van der Waals surface area contributed by atoms with Crippen molar-refractivity contribution >= 4 is 0 Å². The molecule has 80 valence electrons. The average Bonchev–Trinajstić information content (AvgIpc) is 2.86. The molecule has 2 heterocycles. The molecule has 1 atom stereocenters. The van der Waals surface area contributed by atoms with Crippen LogP contribution in [0.25, 0.3) is 0 Å². The first-order valence-electron chi connectivity index (χ1n) is 5.08. The monoisotopic (exact) mass is 205 g/mol. The number of rotatable bonds is 5. The van der Waals surface area contributed by atoms with Crippen molar-refractivity contribution in [3.8, 4) is 0 Å². The fourth-order valence-corrected chi connectivity index (χ4v) is 1.44. The SMILES string of the molecule is CC(Cn1cccn1)NCc1ccco1. The van der Waals surface area contributed by atoms with Crippen molar-refractivity contribution in [2.24, 2.45) is 0 Å². The predicted octanol–water partition coefficient (Wildman–Crippen LogP) is 1.65. The fourth-order valence-electron chi connectivity index (χ4n) is 1.44. The first-order chi connectivity index (χ1) is 7.34. The van der Waals surface area contributed by atoms with Gasteiger partial charge in [0.25, 0.3) is 0 Å². The van der Waals surface area contributed by atoms with Gasteiger partial charge in [0.1, 0.15) is 5.76 Å². The quantitative estimate of drug-likeness (QED) is 0.807. The average molecular weight is 205 g/mol. The van der Waals surface area contributed by atoms with Crippen LogP contribution in [0.1, 0.15) is 12.7 Å². The summed E-state index contributed by atoms with van der Waals surface area (Å²) in [6, 6.07) is 6.16. The van der Waals surface area contributed by atoms with Crippen LogP contribution in [-0.4, -0.2) is 15.8 Å². The normalized spacial score (nSPS) is 12.9. The molecule has 4 heteroatoms. The largest absolute Gasteiger partial charge is 0.468 e. The minimum atomic E-state index is 0.370. The van der Waals surface area contributed by atoms with E-state index in [1.807, 2.05) is 29.1 Å². The second-order valence-corrected chi connectivity index (χ2v) is 3.59. The van der Waals surface area contributed by atoms with Crippen LogP contribution in [0.4, 0.5) is 0 Å². The van der Waals surface area contributed by atoms with Crippen LogP contribution in [0.15, 0.2) is 41.3 Å². The van der Waals surface area contributed by atoms with Gasteiger partial charge >= 0.3 is 0 Å². The van der Waals surface area contributed by atoms with Gasteiger partial charge in [-0.3, -0.25) is 4.68 Å². The number of hydrogen-bond acceptors (Lipinski definition) is 3. The van der Waals surface area contributed by atoms with Gasteiger partial charge in [0.15, 0.2) is 0 Å². The number of aromatic nitrogens is 2. The highest BCUT2D eigenvalue weighted by Crippen LogP contribution is 2.00. The summed E-state index contributed by atoms with van der Waals surface area (Å²) in [5, 5.41) is 7.52. The molecule has 2 aromatic rings. The molecule has 0 spiro atoms. The zero-order valence-electron chi connectivity index (χ0n) is 8.76. The van der Waals surface area contributed by atoms with Gasteiger partial charge in [0, 0.05) is 18.4 Å². The molecule has 15 heavy (non-hydrogen) atoms. The summed E-state index contributed by atoms with van der Waals surface area (Å²) in [5.41, 5.74) is 0. The Kier molecular flexibility index (Phi) is 3.19. The molecule has 0 aliphatic heterocycles. The van der Waals surface area contributed by atoms with Crippen LogP contribution in [0.2, 0.25) is 0 Å². The predicted molar refractivity (Wildman–Crippen MR) is 57.2 cm³/mol. The summed E-state index contributed by atoms with van der Waals surface area (Å²) in [6.45, 7) is 3.76. The van der Waals surface area contributed by atoms with Crippen LogP contribution < -0.4 is 5.32 Å². The molecule has 2 aromatic heterocycles. The standard InChI is InChI=1S/C11H15N3O/c1-10(9-14-6-3-5-13-14)12-8-11-4-2-7-15-11/h2-7,10,12H,8-9H2,1H3. The molecule has 0 fully saturated rings. The van der Waals surface area contributed by atoms with E-state index in [1.165, 1.54) is 0 Å². The van der Waals surface area contributed by atoms with Crippen molar-refractivity contribution in [1.29, 1.82) is 0 Å². The molecule has 1 unspecified atom stereocenters. The zero-order valence-corrected chi connectivity index (χ0v) is 8.76. The molecule has 0 bridgehead atoms. The van der Waals surface area contributed by atoms with E-state index in [2.05, 4.69) is 17.3 Å². The summed E-state index contributed by atoms with van der Waals surface area (Å²) >= 11 is 0. The molecule has 0 amide bonds. The highest BCUT2D eigenvalue weighted by Gasteiger charge is 2.03. The Labute approximate surface area is 88.9 Å². The molecule has 0 saturated heterocycles. The molecule has 0 radical (unpaired) electrons. The van der Waals surface area contributed by atoms with Crippen LogP contribution in [0.5, 0.6) is 0 Å².